The van der Waals surface area contributed by atoms with Gasteiger partial charge in [0.15, 0.2) is 8.83 Å². The number of rotatable bonds is 2. The first-order chi connectivity index (χ1) is 2.81. The van der Waals surface area contributed by atoms with E-state index in [0.717, 1.165) is 5.20 Å². The molecule has 0 aromatic heterocycles. The molecule has 0 aliphatic carbocycles. The van der Waals surface area contributed by atoms with Crippen LogP contribution in [0.2, 0.25) is 0 Å². The highest BCUT2D eigenvalue weighted by Gasteiger charge is 1.77. The number of allylic oxidation sites excluding steroid dienone is 2. The summed E-state index contributed by atoms with van der Waals surface area (Å²) in [5.41, 5.74) is 0. The molecule has 0 radical (unpaired) electrons. The van der Waals surface area contributed by atoms with Crippen molar-refractivity contribution in [2.45, 2.75) is 0 Å². The largest absolute Gasteiger partial charge is 0.170 e. The van der Waals surface area contributed by atoms with Gasteiger partial charge in [0, 0.05) is 0 Å². The van der Waals surface area contributed by atoms with Crippen LogP contribution in [0.3, 0.4) is 0 Å². The molecular formula is C4H7ClSi. The zero-order valence-electron chi connectivity index (χ0n) is 3.58. The van der Waals surface area contributed by atoms with Crippen LogP contribution in [0.4, 0.5) is 0 Å². The van der Waals surface area contributed by atoms with Crippen molar-refractivity contribution >= 4 is 19.9 Å². The van der Waals surface area contributed by atoms with E-state index in [1.807, 2.05) is 0 Å². The zero-order chi connectivity index (χ0) is 4.99. The van der Waals surface area contributed by atoms with E-state index in [1.54, 1.807) is 6.08 Å². The lowest BCUT2D eigenvalue weighted by molar-refractivity contribution is 2.02. The Morgan fingerprint density at radius 1 is 1.83 bits per heavy atom. The first kappa shape index (κ1) is 5.99. The van der Waals surface area contributed by atoms with Crippen molar-refractivity contribution in [3.63, 3.8) is 0 Å². The highest BCUT2D eigenvalue weighted by atomic mass is 35.6. The van der Waals surface area contributed by atoms with Gasteiger partial charge in [-0.25, -0.2) is 0 Å². The summed E-state index contributed by atoms with van der Waals surface area (Å²) in [4.78, 5) is 0. The van der Waals surface area contributed by atoms with Crippen molar-refractivity contribution < 1.29 is 0 Å². The van der Waals surface area contributed by atoms with Gasteiger partial charge in [-0.05, 0) is 0 Å². The SMILES string of the molecule is C=CC(=C)[SiH2]Cl. The average Bonchev–Trinajstić information content (AvgIpc) is 1.65. The van der Waals surface area contributed by atoms with Crippen molar-refractivity contribution in [2.24, 2.45) is 0 Å². The normalized spacial score (nSPS) is 9.50. The first-order valence-electron chi connectivity index (χ1n) is 1.67. The van der Waals surface area contributed by atoms with Crippen molar-refractivity contribution in [1.82, 2.24) is 0 Å². The summed E-state index contributed by atoms with van der Waals surface area (Å²) in [5, 5.41) is 1.01. The molecule has 0 saturated heterocycles. The molecule has 0 aliphatic rings. The Kier molecular flexibility index (Phi) is 3.18. The monoisotopic (exact) mass is 118 g/mol. The maximum atomic E-state index is 5.42. The van der Waals surface area contributed by atoms with E-state index >= 15 is 0 Å². The molecule has 0 aromatic rings. The second-order valence-electron chi connectivity index (χ2n) is 0.996. The molecule has 0 atom stereocenters. The molecule has 0 rings (SSSR count). The van der Waals surface area contributed by atoms with Crippen molar-refractivity contribution in [3.05, 3.63) is 24.4 Å². The molecule has 0 aliphatic heterocycles. The highest BCUT2D eigenvalue weighted by molar-refractivity contribution is 6.98. The second-order valence-corrected chi connectivity index (χ2v) is 2.97. The molecule has 0 N–H and O–H groups in total. The van der Waals surface area contributed by atoms with Gasteiger partial charge in [-0.2, -0.15) is 11.1 Å². The molecule has 0 bridgehead atoms. The van der Waals surface area contributed by atoms with Crippen LogP contribution in [0.5, 0.6) is 0 Å². The van der Waals surface area contributed by atoms with Gasteiger partial charge in [-0.15, -0.1) is 0 Å². The van der Waals surface area contributed by atoms with E-state index in [2.05, 4.69) is 13.2 Å². The van der Waals surface area contributed by atoms with Gasteiger partial charge in [0.2, 0.25) is 0 Å². The molecule has 6 heavy (non-hydrogen) atoms. The standard InChI is InChI=1S/C4H7ClSi/c1-3-4(2)6-5/h3H,1-2,6H2. The number of halogens is 1. The summed E-state index contributed by atoms with van der Waals surface area (Å²) in [5.74, 6) is 0. The van der Waals surface area contributed by atoms with Gasteiger partial charge >= 0.3 is 0 Å². The van der Waals surface area contributed by atoms with Gasteiger partial charge in [0.1, 0.15) is 0 Å². The number of hydrogen-bond acceptors (Lipinski definition) is 0. The van der Waals surface area contributed by atoms with Crippen LogP contribution in [-0.2, 0) is 0 Å². The highest BCUT2D eigenvalue weighted by Crippen LogP contribution is 1.87. The predicted octanol–water partition coefficient (Wildman–Crippen LogP) is 1.01. The van der Waals surface area contributed by atoms with Crippen LogP contribution in [0.25, 0.3) is 0 Å². The lowest BCUT2D eigenvalue weighted by atomic mass is 10.6. The average molecular weight is 119 g/mol. The fourth-order valence-electron chi connectivity index (χ4n) is 0.0546. The summed E-state index contributed by atoms with van der Waals surface area (Å²) < 4.78 is 0. The van der Waals surface area contributed by atoms with Crippen LogP contribution >= 0.6 is 11.1 Å². The van der Waals surface area contributed by atoms with Crippen molar-refractivity contribution in [1.29, 1.82) is 0 Å². The van der Waals surface area contributed by atoms with E-state index in [9.17, 15) is 0 Å². The van der Waals surface area contributed by atoms with Crippen LogP contribution < -0.4 is 0 Å². The van der Waals surface area contributed by atoms with Gasteiger partial charge < -0.3 is 0 Å². The minimum atomic E-state index is -0.502. The molecule has 0 saturated carbocycles. The summed E-state index contributed by atoms with van der Waals surface area (Å²) >= 11 is 5.42. The van der Waals surface area contributed by atoms with E-state index < -0.39 is 8.83 Å². The Balaban J connectivity index is 3.23. The van der Waals surface area contributed by atoms with Crippen LogP contribution in [0.15, 0.2) is 24.4 Å². The Labute approximate surface area is 45.0 Å². The maximum absolute atomic E-state index is 5.42. The van der Waals surface area contributed by atoms with E-state index in [-0.39, 0.29) is 0 Å². The third-order valence-corrected chi connectivity index (χ3v) is 2.12. The molecule has 34 valence electrons. The first-order valence-corrected chi connectivity index (χ1v) is 4.52. The molecule has 0 nitrogen and oxygen atoms in total. The Hall–Kier alpha value is -0.0131. The smallest absolute Gasteiger partial charge is 0.155 e. The van der Waals surface area contributed by atoms with Gasteiger partial charge in [0.25, 0.3) is 0 Å². The van der Waals surface area contributed by atoms with Crippen LogP contribution in [0.1, 0.15) is 0 Å². The van der Waals surface area contributed by atoms with Crippen molar-refractivity contribution in [2.75, 3.05) is 0 Å². The zero-order valence-corrected chi connectivity index (χ0v) is 5.75. The Bertz CT molecular complexity index is 67.9. The molecule has 0 heterocycles. The molecular weight excluding hydrogens is 112 g/mol. The quantitative estimate of drug-likeness (QED) is 0.289. The second kappa shape index (κ2) is 3.19. The summed E-state index contributed by atoms with van der Waals surface area (Å²) in [7, 11) is -0.502. The van der Waals surface area contributed by atoms with Crippen LogP contribution in [-0.4, -0.2) is 8.83 Å². The van der Waals surface area contributed by atoms with Gasteiger partial charge in [0.05, 0.1) is 0 Å². The summed E-state index contributed by atoms with van der Waals surface area (Å²) in [6.45, 7) is 7.09. The third kappa shape index (κ3) is 2.24. The predicted molar refractivity (Wildman–Crippen MR) is 33.7 cm³/mol. The molecule has 0 unspecified atom stereocenters. The molecule has 2 heteroatoms. The molecule has 0 spiro atoms. The van der Waals surface area contributed by atoms with Crippen LogP contribution in [0, 0.1) is 0 Å². The van der Waals surface area contributed by atoms with E-state index in [0.29, 0.717) is 0 Å². The van der Waals surface area contributed by atoms with E-state index in [1.165, 1.54) is 0 Å². The lowest BCUT2D eigenvalue weighted by Gasteiger charge is -1.80. The fourth-order valence-corrected chi connectivity index (χ4v) is 0.491. The summed E-state index contributed by atoms with van der Waals surface area (Å²) in [6, 6.07) is 0. The van der Waals surface area contributed by atoms with Gasteiger partial charge in [-0.3, -0.25) is 0 Å². The lowest BCUT2D eigenvalue weighted by Crippen LogP contribution is -1.75. The third-order valence-electron chi connectivity index (χ3n) is 0.460. The molecule has 0 aromatic carbocycles. The Morgan fingerprint density at radius 2 is 2.33 bits per heavy atom. The number of hydrogen-bond donors (Lipinski definition) is 0. The van der Waals surface area contributed by atoms with E-state index in [4.69, 9.17) is 11.1 Å². The van der Waals surface area contributed by atoms with Gasteiger partial charge in [-0.1, -0.05) is 24.4 Å². The molecule has 0 amide bonds. The topological polar surface area (TPSA) is 0 Å². The molecule has 0 fully saturated rings. The minimum Gasteiger partial charge on any atom is -0.170 e. The summed E-state index contributed by atoms with van der Waals surface area (Å²) in [6.07, 6.45) is 1.71. The fraction of sp³-hybridized carbons (Fsp3) is 0. The van der Waals surface area contributed by atoms with Crippen molar-refractivity contribution in [3.8, 4) is 0 Å². The minimum absolute atomic E-state index is 0.502. The maximum Gasteiger partial charge on any atom is 0.155 e. The Morgan fingerprint density at radius 3 is 2.33 bits per heavy atom.